The summed E-state index contributed by atoms with van der Waals surface area (Å²) in [5.74, 6) is 0.978. The molecule has 17 heavy (non-hydrogen) atoms. The van der Waals surface area contributed by atoms with E-state index in [1.54, 1.807) is 7.11 Å². The molecule has 0 saturated heterocycles. The first-order chi connectivity index (χ1) is 7.98. The normalized spacial score (nSPS) is 11.6. The van der Waals surface area contributed by atoms with Crippen LogP contribution < -0.4 is 10.1 Å². The molecule has 1 aromatic rings. The van der Waals surface area contributed by atoms with Crippen molar-refractivity contribution in [1.82, 2.24) is 5.32 Å². The van der Waals surface area contributed by atoms with E-state index in [-0.39, 0.29) is 5.41 Å². The number of benzene rings is 1. The van der Waals surface area contributed by atoms with Crippen LogP contribution in [0, 0.1) is 5.41 Å². The monoisotopic (exact) mass is 299 g/mol. The molecular formula is C14H22BrNO. The summed E-state index contributed by atoms with van der Waals surface area (Å²) in [7, 11) is 3.73. The minimum absolute atomic E-state index is 0.275. The fourth-order valence-electron chi connectivity index (χ4n) is 1.95. The van der Waals surface area contributed by atoms with E-state index < -0.39 is 0 Å². The average Bonchev–Trinajstić information content (AvgIpc) is 2.26. The van der Waals surface area contributed by atoms with Gasteiger partial charge in [-0.1, -0.05) is 29.8 Å². The largest absolute Gasteiger partial charge is 0.496 e. The van der Waals surface area contributed by atoms with Gasteiger partial charge in [-0.15, -0.1) is 0 Å². The number of hydrogen-bond donors (Lipinski definition) is 1. The van der Waals surface area contributed by atoms with Crippen LogP contribution in [0.4, 0.5) is 0 Å². The van der Waals surface area contributed by atoms with Crippen molar-refractivity contribution in [3.8, 4) is 5.75 Å². The van der Waals surface area contributed by atoms with Gasteiger partial charge in [-0.25, -0.2) is 0 Å². The molecule has 0 aromatic heterocycles. The lowest BCUT2D eigenvalue weighted by Crippen LogP contribution is -2.22. The summed E-state index contributed by atoms with van der Waals surface area (Å²) in [6.07, 6.45) is 2.18. The van der Waals surface area contributed by atoms with Crippen LogP contribution in [0.25, 0.3) is 0 Å². The summed E-state index contributed by atoms with van der Waals surface area (Å²) in [5.41, 5.74) is 1.54. The highest BCUT2D eigenvalue weighted by molar-refractivity contribution is 9.10. The quantitative estimate of drug-likeness (QED) is 0.866. The van der Waals surface area contributed by atoms with Crippen LogP contribution in [-0.2, 0) is 6.42 Å². The van der Waals surface area contributed by atoms with E-state index in [0.717, 1.165) is 29.6 Å². The van der Waals surface area contributed by atoms with Crippen LogP contribution in [0.2, 0.25) is 0 Å². The lowest BCUT2D eigenvalue weighted by Gasteiger charge is -2.25. The van der Waals surface area contributed by atoms with Crippen LogP contribution in [-0.4, -0.2) is 20.7 Å². The molecule has 0 fully saturated rings. The van der Waals surface area contributed by atoms with Gasteiger partial charge in [0.05, 0.1) is 7.11 Å². The molecule has 96 valence electrons. The third-order valence-corrected chi connectivity index (χ3v) is 3.46. The van der Waals surface area contributed by atoms with Crippen molar-refractivity contribution in [2.75, 3.05) is 20.7 Å². The van der Waals surface area contributed by atoms with Gasteiger partial charge in [0.25, 0.3) is 0 Å². The predicted octanol–water partition coefficient (Wildman–Crippen LogP) is 3.64. The highest BCUT2D eigenvalue weighted by Crippen LogP contribution is 2.31. The molecule has 0 aliphatic heterocycles. The van der Waals surface area contributed by atoms with E-state index >= 15 is 0 Å². The first-order valence-electron chi connectivity index (χ1n) is 5.95. The minimum atomic E-state index is 0.275. The summed E-state index contributed by atoms with van der Waals surface area (Å²) in [4.78, 5) is 0. The SMILES string of the molecule is CNCCC(C)(C)Cc1cc(Br)ccc1OC. The van der Waals surface area contributed by atoms with Crippen LogP contribution in [0.5, 0.6) is 5.75 Å². The summed E-state index contributed by atoms with van der Waals surface area (Å²) in [6.45, 7) is 5.64. The molecule has 1 rings (SSSR count). The van der Waals surface area contributed by atoms with Crippen molar-refractivity contribution in [1.29, 1.82) is 0 Å². The Morgan fingerprint density at radius 2 is 2.06 bits per heavy atom. The molecule has 0 heterocycles. The number of ether oxygens (including phenoxy) is 1. The fourth-order valence-corrected chi connectivity index (χ4v) is 2.36. The Labute approximate surface area is 113 Å². The van der Waals surface area contributed by atoms with Gasteiger partial charge in [0.15, 0.2) is 0 Å². The Bertz CT molecular complexity index is 363. The third kappa shape index (κ3) is 4.68. The van der Waals surface area contributed by atoms with Gasteiger partial charge in [-0.3, -0.25) is 0 Å². The standard InChI is InChI=1S/C14H22BrNO/c1-14(2,7-8-16-3)10-11-9-12(15)5-6-13(11)17-4/h5-6,9,16H,7-8,10H2,1-4H3. The molecule has 3 heteroatoms. The Morgan fingerprint density at radius 1 is 1.35 bits per heavy atom. The number of methoxy groups -OCH3 is 1. The van der Waals surface area contributed by atoms with E-state index in [1.165, 1.54) is 5.56 Å². The number of nitrogens with one attached hydrogen (secondary N) is 1. The molecular weight excluding hydrogens is 278 g/mol. The van der Waals surface area contributed by atoms with E-state index in [9.17, 15) is 0 Å². The van der Waals surface area contributed by atoms with Gasteiger partial charge in [-0.05, 0) is 55.6 Å². The van der Waals surface area contributed by atoms with Crippen molar-refractivity contribution in [3.05, 3.63) is 28.2 Å². The van der Waals surface area contributed by atoms with Crippen molar-refractivity contribution in [2.24, 2.45) is 5.41 Å². The zero-order chi connectivity index (χ0) is 12.9. The summed E-state index contributed by atoms with van der Waals surface area (Å²) >= 11 is 3.52. The van der Waals surface area contributed by atoms with Crippen molar-refractivity contribution in [2.45, 2.75) is 26.7 Å². The van der Waals surface area contributed by atoms with Gasteiger partial charge in [0.1, 0.15) is 5.75 Å². The van der Waals surface area contributed by atoms with Crippen LogP contribution in [0.1, 0.15) is 25.8 Å². The van der Waals surface area contributed by atoms with Gasteiger partial charge in [0, 0.05) is 4.47 Å². The lowest BCUT2D eigenvalue weighted by atomic mass is 9.82. The molecule has 0 atom stereocenters. The first-order valence-corrected chi connectivity index (χ1v) is 6.75. The van der Waals surface area contributed by atoms with Crippen molar-refractivity contribution < 1.29 is 4.74 Å². The zero-order valence-corrected chi connectivity index (χ0v) is 12.7. The fraction of sp³-hybridized carbons (Fsp3) is 0.571. The number of halogens is 1. The Hall–Kier alpha value is -0.540. The van der Waals surface area contributed by atoms with Gasteiger partial charge in [-0.2, -0.15) is 0 Å². The van der Waals surface area contributed by atoms with Crippen molar-refractivity contribution >= 4 is 15.9 Å². The molecule has 1 aromatic carbocycles. The summed E-state index contributed by atoms with van der Waals surface area (Å²) < 4.78 is 6.52. The summed E-state index contributed by atoms with van der Waals surface area (Å²) in [6, 6.07) is 6.19. The predicted molar refractivity (Wildman–Crippen MR) is 76.7 cm³/mol. The van der Waals surface area contributed by atoms with Crippen LogP contribution in [0.15, 0.2) is 22.7 Å². The third-order valence-electron chi connectivity index (χ3n) is 2.96. The zero-order valence-electron chi connectivity index (χ0n) is 11.1. The molecule has 0 aliphatic rings. The highest BCUT2D eigenvalue weighted by Gasteiger charge is 2.20. The molecule has 0 amide bonds. The van der Waals surface area contributed by atoms with E-state index in [1.807, 2.05) is 19.2 Å². The van der Waals surface area contributed by atoms with E-state index in [4.69, 9.17) is 4.74 Å². The van der Waals surface area contributed by atoms with E-state index in [0.29, 0.717) is 0 Å². The van der Waals surface area contributed by atoms with Crippen LogP contribution in [0.3, 0.4) is 0 Å². The Kier molecular flexibility index (Phi) is 5.47. The average molecular weight is 300 g/mol. The van der Waals surface area contributed by atoms with Gasteiger partial charge < -0.3 is 10.1 Å². The smallest absolute Gasteiger partial charge is 0.122 e. The van der Waals surface area contributed by atoms with Gasteiger partial charge in [0.2, 0.25) is 0 Å². The second-order valence-corrected chi connectivity index (χ2v) is 6.07. The Morgan fingerprint density at radius 3 is 2.65 bits per heavy atom. The minimum Gasteiger partial charge on any atom is -0.496 e. The maximum absolute atomic E-state index is 5.41. The molecule has 0 unspecified atom stereocenters. The number of rotatable bonds is 6. The molecule has 0 bridgehead atoms. The highest BCUT2D eigenvalue weighted by atomic mass is 79.9. The lowest BCUT2D eigenvalue weighted by molar-refractivity contribution is 0.321. The molecule has 0 spiro atoms. The molecule has 2 nitrogen and oxygen atoms in total. The second kappa shape index (κ2) is 6.41. The van der Waals surface area contributed by atoms with Crippen molar-refractivity contribution in [3.63, 3.8) is 0 Å². The van der Waals surface area contributed by atoms with E-state index in [2.05, 4.69) is 41.2 Å². The topological polar surface area (TPSA) is 21.3 Å². The molecule has 0 aliphatic carbocycles. The Balaban J connectivity index is 2.82. The maximum atomic E-state index is 5.41. The first kappa shape index (κ1) is 14.5. The molecule has 1 N–H and O–H groups in total. The van der Waals surface area contributed by atoms with Gasteiger partial charge >= 0.3 is 0 Å². The van der Waals surface area contributed by atoms with Crippen LogP contribution >= 0.6 is 15.9 Å². The number of hydrogen-bond acceptors (Lipinski definition) is 2. The maximum Gasteiger partial charge on any atom is 0.122 e. The molecule has 0 saturated carbocycles. The summed E-state index contributed by atoms with van der Waals surface area (Å²) in [5, 5.41) is 3.21. The second-order valence-electron chi connectivity index (χ2n) is 5.15. The molecule has 0 radical (unpaired) electrons.